The molecule has 1 spiro atoms. The van der Waals surface area contributed by atoms with Crippen molar-refractivity contribution in [3.8, 4) is 5.75 Å². The third-order valence-corrected chi connectivity index (χ3v) is 6.47. The molecule has 2 saturated heterocycles. The van der Waals surface area contributed by atoms with Gasteiger partial charge in [0.25, 0.3) is 0 Å². The number of nitrogens with zero attached hydrogens (tertiary/aromatic N) is 3. The number of hydrogen-bond acceptors (Lipinski definition) is 5. The van der Waals surface area contributed by atoms with Crippen molar-refractivity contribution >= 4 is 17.5 Å². The summed E-state index contributed by atoms with van der Waals surface area (Å²) in [5, 5.41) is 0. The number of ether oxygens (including phenoxy) is 1. The number of likely N-dealkylation sites (tertiary alicyclic amines) is 1. The highest BCUT2D eigenvalue weighted by molar-refractivity contribution is 5.98. The molecule has 2 aliphatic heterocycles. The van der Waals surface area contributed by atoms with Crippen molar-refractivity contribution in [3.05, 3.63) is 24.3 Å². The van der Waals surface area contributed by atoms with Crippen molar-refractivity contribution in [2.75, 3.05) is 44.9 Å². The largest absolute Gasteiger partial charge is 0.497 e. The summed E-state index contributed by atoms with van der Waals surface area (Å²) in [5.74, 6) is 0.927. The van der Waals surface area contributed by atoms with Gasteiger partial charge < -0.3 is 9.64 Å². The second-order valence-electron chi connectivity index (χ2n) is 8.22. The predicted molar refractivity (Wildman–Crippen MR) is 104 cm³/mol. The molecule has 146 valence electrons. The van der Waals surface area contributed by atoms with Crippen LogP contribution in [0.2, 0.25) is 0 Å². The Morgan fingerprint density at radius 2 is 1.52 bits per heavy atom. The Hall–Kier alpha value is -2.08. The number of carbonyl (C=O) groups excluding carboxylic acids is 2. The van der Waals surface area contributed by atoms with E-state index in [9.17, 15) is 9.59 Å². The Balaban J connectivity index is 1.31. The normalized spacial score (nSPS) is 23.3. The van der Waals surface area contributed by atoms with Crippen LogP contribution in [0.3, 0.4) is 0 Å². The van der Waals surface area contributed by atoms with Crippen LogP contribution in [0, 0.1) is 5.41 Å². The summed E-state index contributed by atoms with van der Waals surface area (Å²) < 4.78 is 5.22. The lowest BCUT2D eigenvalue weighted by molar-refractivity contribution is -0.156. The quantitative estimate of drug-likeness (QED) is 0.761. The highest BCUT2D eigenvalue weighted by Crippen LogP contribution is 2.46. The van der Waals surface area contributed by atoms with Gasteiger partial charge in [-0.05, 0) is 42.5 Å². The summed E-state index contributed by atoms with van der Waals surface area (Å²) in [6.07, 6.45) is 5.52. The molecule has 6 heteroatoms. The van der Waals surface area contributed by atoms with Crippen LogP contribution in [-0.4, -0.2) is 61.6 Å². The Morgan fingerprint density at radius 1 is 0.926 bits per heavy atom. The molecule has 1 aromatic rings. The molecular weight excluding hydrogens is 342 g/mol. The first-order valence-corrected chi connectivity index (χ1v) is 10.0. The lowest BCUT2D eigenvalue weighted by Crippen LogP contribution is -2.55. The summed E-state index contributed by atoms with van der Waals surface area (Å²) >= 11 is 0. The van der Waals surface area contributed by atoms with E-state index < -0.39 is 0 Å². The van der Waals surface area contributed by atoms with E-state index in [0.29, 0.717) is 19.5 Å². The summed E-state index contributed by atoms with van der Waals surface area (Å²) in [6.45, 7) is 3.95. The Morgan fingerprint density at radius 3 is 2.07 bits per heavy atom. The fourth-order valence-corrected chi connectivity index (χ4v) is 4.81. The van der Waals surface area contributed by atoms with Gasteiger partial charge in [0.05, 0.1) is 13.8 Å². The van der Waals surface area contributed by atoms with E-state index in [1.807, 2.05) is 12.1 Å². The summed E-state index contributed by atoms with van der Waals surface area (Å²) in [7, 11) is 1.67. The number of methoxy groups -OCH3 is 1. The maximum Gasteiger partial charge on any atom is 0.230 e. The van der Waals surface area contributed by atoms with E-state index >= 15 is 0 Å². The molecule has 2 amide bonds. The van der Waals surface area contributed by atoms with E-state index in [0.717, 1.165) is 57.6 Å². The Labute approximate surface area is 161 Å². The van der Waals surface area contributed by atoms with E-state index in [-0.39, 0.29) is 17.2 Å². The van der Waals surface area contributed by atoms with E-state index in [1.165, 1.54) is 10.6 Å². The van der Waals surface area contributed by atoms with Gasteiger partial charge in [-0.1, -0.05) is 12.8 Å². The van der Waals surface area contributed by atoms with Gasteiger partial charge in [-0.15, -0.1) is 0 Å². The highest BCUT2D eigenvalue weighted by Gasteiger charge is 2.45. The third kappa shape index (κ3) is 3.81. The molecule has 27 heavy (non-hydrogen) atoms. The van der Waals surface area contributed by atoms with Crippen LogP contribution in [0.4, 0.5) is 5.69 Å². The van der Waals surface area contributed by atoms with Crippen LogP contribution in [0.15, 0.2) is 24.3 Å². The topological polar surface area (TPSA) is 53.1 Å². The zero-order valence-electron chi connectivity index (χ0n) is 16.2. The second-order valence-corrected chi connectivity index (χ2v) is 8.22. The number of piperidine rings is 1. The van der Waals surface area contributed by atoms with Crippen molar-refractivity contribution in [3.63, 3.8) is 0 Å². The fraction of sp³-hybridized carbons (Fsp3) is 0.619. The Kier molecular flexibility index (Phi) is 5.08. The molecule has 4 rings (SSSR count). The maximum atomic E-state index is 12.6. The molecule has 0 unspecified atom stereocenters. The maximum absolute atomic E-state index is 12.6. The number of anilines is 1. The lowest BCUT2D eigenvalue weighted by atomic mass is 9.76. The van der Waals surface area contributed by atoms with Crippen LogP contribution in [0.25, 0.3) is 0 Å². The van der Waals surface area contributed by atoms with Crippen LogP contribution < -0.4 is 9.64 Å². The average Bonchev–Trinajstić information content (AvgIpc) is 3.13. The smallest absolute Gasteiger partial charge is 0.230 e. The molecule has 0 radical (unpaired) electrons. The number of rotatable bonds is 4. The van der Waals surface area contributed by atoms with Gasteiger partial charge in [-0.25, -0.2) is 0 Å². The number of amides is 2. The van der Waals surface area contributed by atoms with Crippen LogP contribution in [0.1, 0.15) is 38.5 Å². The van der Waals surface area contributed by atoms with Gasteiger partial charge in [-0.3, -0.25) is 19.4 Å². The first kappa shape index (κ1) is 18.3. The number of carbonyl (C=O) groups is 2. The number of hydrogen-bond donors (Lipinski definition) is 0. The molecule has 3 fully saturated rings. The van der Waals surface area contributed by atoms with Crippen LogP contribution in [0.5, 0.6) is 5.75 Å². The first-order valence-electron chi connectivity index (χ1n) is 10.0. The summed E-state index contributed by atoms with van der Waals surface area (Å²) in [4.78, 5) is 31.4. The van der Waals surface area contributed by atoms with Gasteiger partial charge in [0.1, 0.15) is 5.75 Å². The monoisotopic (exact) mass is 371 g/mol. The van der Waals surface area contributed by atoms with Crippen molar-refractivity contribution in [2.24, 2.45) is 5.41 Å². The molecule has 0 aromatic heterocycles. The number of benzene rings is 1. The summed E-state index contributed by atoms with van der Waals surface area (Å²) in [6, 6.07) is 8.11. The molecule has 1 aliphatic carbocycles. The SMILES string of the molecule is COc1ccc(N2CCN(CN3C(=O)CC4(CCCC4)CC3=O)CC2)cc1. The lowest BCUT2D eigenvalue weighted by Gasteiger charge is -2.41. The van der Waals surface area contributed by atoms with Crippen LogP contribution in [-0.2, 0) is 9.59 Å². The zero-order valence-corrected chi connectivity index (χ0v) is 16.2. The average molecular weight is 371 g/mol. The second kappa shape index (κ2) is 7.50. The fourth-order valence-electron chi connectivity index (χ4n) is 4.81. The van der Waals surface area contributed by atoms with Crippen molar-refractivity contribution < 1.29 is 14.3 Å². The van der Waals surface area contributed by atoms with Crippen LogP contribution >= 0.6 is 0 Å². The molecule has 0 bridgehead atoms. The molecule has 0 atom stereocenters. The highest BCUT2D eigenvalue weighted by atomic mass is 16.5. The minimum absolute atomic E-state index is 0.0161. The number of imide groups is 1. The van der Waals surface area contributed by atoms with Gasteiger partial charge in [0.15, 0.2) is 0 Å². The Bertz CT molecular complexity index is 669. The third-order valence-electron chi connectivity index (χ3n) is 6.47. The molecule has 0 N–H and O–H groups in total. The molecule has 2 heterocycles. The summed E-state index contributed by atoms with van der Waals surface area (Å²) in [5.41, 5.74) is 1.17. The van der Waals surface area contributed by atoms with Crippen molar-refractivity contribution in [1.29, 1.82) is 0 Å². The predicted octanol–water partition coefficient (Wildman–Crippen LogP) is 2.48. The molecule has 6 nitrogen and oxygen atoms in total. The van der Waals surface area contributed by atoms with E-state index in [4.69, 9.17) is 4.74 Å². The molecule has 3 aliphatic rings. The first-order chi connectivity index (χ1) is 13.1. The molecule has 1 saturated carbocycles. The van der Waals surface area contributed by atoms with Gasteiger partial charge in [0.2, 0.25) is 11.8 Å². The minimum Gasteiger partial charge on any atom is -0.497 e. The zero-order chi connectivity index (χ0) is 18.9. The van der Waals surface area contributed by atoms with Gasteiger partial charge >= 0.3 is 0 Å². The standard InChI is InChI=1S/C21H29N3O3/c1-27-18-6-4-17(5-7-18)23-12-10-22(11-13-23)16-24-19(25)14-21(15-20(24)26)8-2-3-9-21/h4-7H,2-3,8-16H2,1H3. The molecule has 1 aromatic carbocycles. The number of piperazine rings is 1. The van der Waals surface area contributed by atoms with E-state index in [2.05, 4.69) is 21.9 Å². The van der Waals surface area contributed by atoms with Gasteiger partial charge in [-0.2, -0.15) is 0 Å². The van der Waals surface area contributed by atoms with E-state index in [1.54, 1.807) is 7.11 Å². The van der Waals surface area contributed by atoms with Crippen molar-refractivity contribution in [2.45, 2.75) is 38.5 Å². The van der Waals surface area contributed by atoms with Crippen molar-refractivity contribution in [1.82, 2.24) is 9.80 Å². The minimum atomic E-state index is -0.0161. The molecular formula is C21H29N3O3. The van der Waals surface area contributed by atoms with Gasteiger partial charge in [0, 0.05) is 44.7 Å².